The molecule has 0 saturated heterocycles. The van der Waals surface area contributed by atoms with Crippen LogP contribution in [0.15, 0.2) is 5.38 Å². The lowest BCUT2D eigenvalue weighted by Crippen LogP contribution is -2.56. The van der Waals surface area contributed by atoms with Crippen molar-refractivity contribution in [2.24, 2.45) is 17.8 Å². The molecule has 2 fully saturated rings. The topological polar surface area (TPSA) is 169 Å². The highest BCUT2D eigenvalue weighted by atomic mass is 32.1. The number of carbonyl (C=O) groups excluding carboxylic acids is 3. The third kappa shape index (κ3) is 11.8. The number of hydrogen-bond acceptors (Lipinski definition) is 9. The lowest BCUT2D eigenvalue weighted by atomic mass is 9.81. The van der Waals surface area contributed by atoms with Crippen LogP contribution in [-0.2, 0) is 20.8 Å². The van der Waals surface area contributed by atoms with Crippen LogP contribution in [0.4, 0.5) is 5.13 Å². The van der Waals surface area contributed by atoms with Gasteiger partial charge in [0.25, 0.3) is 0 Å². The average Bonchev–Trinajstić information content (AvgIpc) is 3.41. The Morgan fingerprint density at radius 3 is 2.31 bits per heavy atom. The minimum absolute atomic E-state index is 0.114. The summed E-state index contributed by atoms with van der Waals surface area (Å²) >= 11 is 1.25. The molecule has 2 aliphatic rings. The normalized spacial score (nSPS) is 19.8. The monoisotopic (exact) mass is 651 g/mol. The van der Waals surface area contributed by atoms with Gasteiger partial charge in [0.1, 0.15) is 12.6 Å². The predicted octanol–water partition coefficient (Wildman–Crippen LogP) is 3.11. The number of nitrogens with zero attached hydrogens (tertiary/aromatic N) is 3. The fraction of sp³-hybridized carbons (Fsp3) is 0.818. The molecule has 1 aromatic heterocycles. The molecular formula is C33H57N5O6S. The summed E-state index contributed by atoms with van der Waals surface area (Å²) in [5, 5.41) is 38.7. The average molecular weight is 652 g/mol. The van der Waals surface area contributed by atoms with Gasteiger partial charge in [-0.3, -0.25) is 14.4 Å². The highest BCUT2D eigenvalue weighted by molar-refractivity contribution is 7.13. The van der Waals surface area contributed by atoms with Crippen LogP contribution in [-0.4, -0.2) is 98.9 Å². The van der Waals surface area contributed by atoms with E-state index in [1.54, 1.807) is 19.5 Å². The molecule has 3 amide bonds. The fourth-order valence-corrected chi connectivity index (χ4v) is 7.41. The van der Waals surface area contributed by atoms with E-state index in [4.69, 9.17) is 5.73 Å². The summed E-state index contributed by atoms with van der Waals surface area (Å²) in [7, 11) is 3.23. The number of thiazole rings is 1. The number of aliphatic hydroxyl groups excluding tert-OH is 2. The summed E-state index contributed by atoms with van der Waals surface area (Å²) in [4.78, 5) is 48.3. The molecule has 4 atom stereocenters. The van der Waals surface area contributed by atoms with Crippen molar-refractivity contribution in [1.29, 1.82) is 0 Å². The molecule has 0 bridgehead atoms. The van der Waals surface area contributed by atoms with E-state index < -0.39 is 35.7 Å². The van der Waals surface area contributed by atoms with Gasteiger partial charge in [0.2, 0.25) is 17.7 Å². The van der Waals surface area contributed by atoms with E-state index in [2.05, 4.69) is 10.3 Å². The van der Waals surface area contributed by atoms with Crippen LogP contribution in [0.3, 0.4) is 0 Å². The number of aliphatic hydroxyl groups is 3. The van der Waals surface area contributed by atoms with Gasteiger partial charge in [0.15, 0.2) is 5.13 Å². The Labute approximate surface area is 273 Å². The Morgan fingerprint density at radius 1 is 1.09 bits per heavy atom. The van der Waals surface area contributed by atoms with Crippen LogP contribution in [0, 0.1) is 17.8 Å². The number of carbonyl (C=O) groups is 3. The van der Waals surface area contributed by atoms with Gasteiger partial charge in [-0.05, 0) is 37.5 Å². The third-order valence-corrected chi connectivity index (χ3v) is 10.2. The van der Waals surface area contributed by atoms with Crippen molar-refractivity contribution in [2.45, 2.75) is 128 Å². The molecule has 6 N–H and O–H groups in total. The fourth-order valence-electron chi connectivity index (χ4n) is 6.84. The molecule has 12 heteroatoms. The van der Waals surface area contributed by atoms with Crippen LogP contribution in [0.5, 0.6) is 0 Å². The highest BCUT2D eigenvalue weighted by Gasteiger charge is 2.40. The Bertz CT molecular complexity index is 1090. The van der Waals surface area contributed by atoms with Crippen LogP contribution >= 0.6 is 11.3 Å². The van der Waals surface area contributed by atoms with Crippen molar-refractivity contribution >= 4 is 34.2 Å². The number of nitrogens with one attached hydrogen (secondary N) is 1. The molecule has 45 heavy (non-hydrogen) atoms. The molecule has 0 radical (unpaired) electrons. The van der Waals surface area contributed by atoms with E-state index in [0.29, 0.717) is 36.5 Å². The Kier molecular flexibility index (Phi) is 14.5. The zero-order valence-electron chi connectivity index (χ0n) is 27.7. The first-order valence-electron chi connectivity index (χ1n) is 16.8. The number of nitrogens with two attached hydrogens (primary N) is 1. The van der Waals surface area contributed by atoms with Crippen molar-refractivity contribution in [1.82, 2.24) is 20.1 Å². The van der Waals surface area contributed by atoms with Gasteiger partial charge in [-0.1, -0.05) is 65.2 Å². The number of nitrogen functional groups attached to an aromatic ring is 1. The van der Waals surface area contributed by atoms with E-state index in [-0.39, 0.29) is 49.6 Å². The van der Waals surface area contributed by atoms with Crippen molar-refractivity contribution in [3.8, 4) is 0 Å². The van der Waals surface area contributed by atoms with Gasteiger partial charge >= 0.3 is 0 Å². The molecule has 11 nitrogen and oxygen atoms in total. The first kappa shape index (κ1) is 37.2. The summed E-state index contributed by atoms with van der Waals surface area (Å²) in [5.41, 5.74) is 5.51. The largest absolute Gasteiger partial charge is 0.390 e. The van der Waals surface area contributed by atoms with Gasteiger partial charge in [-0.25, -0.2) is 4.98 Å². The van der Waals surface area contributed by atoms with Crippen LogP contribution in [0.25, 0.3) is 0 Å². The molecule has 0 unspecified atom stereocenters. The summed E-state index contributed by atoms with van der Waals surface area (Å²) in [6, 6.07) is -0.813. The minimum atomic E-state index is -1.27. The maximum atomic E-state index is 14.6. The summed E-state index contributed by atoms with van der Waals surface area (Å²) in [6.07, 6.45) is 7.69. The number of aromatic nitrogens is 1. The highest BCUT2D eigenvalue weighted by Crippen LogP contribution is 2.32. The smallest absolute Gasteiger partial charge is 0.241 e. The zero-order chi connectivity index (χ0) is 33.1. The van der Waals surface area contributed by atoms with Crippen LogP contribution in [0.1, 0.15) is 103 Å². The maximum absolute atomic E-state index is 14.6. The molecule has 2 saturated carbocycles. The molecule has 3 rings (SSSR count). The van der Waals surface area contributed by atoms with Crippen molar-refractivity contribution in [3.05, 3.63) is 11.1 Å². The molecule has 1 heterocycles. The van der Waals surface area contributed by atoms with Gasteiger partial charge < -0.3 is 36.2 Å². The Morgan fingerprint density at radius 2 is 1.73 bits per heavy atom. The predicted molar refractivity (Wildman–Crippen MR) is 176 cm³/mol. The molecule has 1 aromatic rings. The number of hydrogen-bond donors (Lipinski definition) is 5. The number of amides is 3. The van der Waals surface area contributed by atoms with E-state index >= 15 is 0 Å². The number of likely N-dealkylation sites (N-methyl/N-ethyl adjacent to an activating group) is 1. The second kappa shape index (κ2) is 17.6. The Hall–Kier alpha value is -2.28. The lowest BCUT2D eigenvalue weighted by Gasteiger charge is -2.41. The minimum Gasteiger partial charge on any atom is -0.390 e. The first-order chi connectivity index (χ1) is 21.3. The van der Waals surface area contributed by atoms with Crippen molar-refractivity contribution in [3.63, 3.8) is 0 Å². The molecule has 256 valence electrons. The van der Waals surface area contributed by atoms with E-state index in [9.17, 15) is 29.7 Å². The lowest BCUT2D eigenvalue weighted by molar-refractivity contribution is -0.151. The summed E-state index contributed by atoms with van der Waals surface area (Å²) in [6.45, 7) is 3.75. The van der Waals surface area contributed by atoms with Crippen molar-refractivity contribution < 1.29 is 29.7 Å². The van der Waals surface area contributed by atoms with Gasteiger partial charge in [-0.15, -0.1) is 11.3 Å². The molecule has 0 spiro atoms. The van der Waals surface area contributed by atoms with Gasteiger partial charge in [0.05, 0.1) is 29.4 Å². The summed E-state index contributed by atoms with van der Waals surface area (Å²) < 4.78 is 0. The summed E-state index contributed by atoms with van der Waals surface area (Å²) in [5.74, 6) is -1.68. The molecule has 0 aromatic carbocycles. The molecular weight excluding hydrogens is 594 g/mol. The quantitative estimate of drug-likeness (QED) is 0.182. The SMILES string of the molecule is CC(C)C[C@H](O)[C@H](O)[C@H](CC1CCCCC1)N(CC(=O)N(C)C)C(=O)[C@@H](CC(=O)NCC1(O)CCCCC1)Cc1csc(N)n1. The van der Waals surface area contributed by atoms with Crippen molar-refractivity contribution in [2.75, 3.05) is 32.9 Å². The van der Waals surface area contributed by atoms with Gasteiger partial charge in [-0.2, -0.15) is 0 Å². The zero-order valence-corrected chi connectivity index (χ0v) is 28.6. The molecule has 2 aliphatic carbocycles. The first-order valence-corrected chi connectivity index (χ1v) is 17.7. The standard InChI is InChI=1S/C33H57N5O6S/c1-22(2)15-27(39)30(42)26(16-23-11-7-5-8-12-23)38(19-29(41)37(3)4)31(43)24(17-25-20-45-32(34)36-25)18-28(40)35-21-33(44)13-9-6-10-14-33/h20,22-24,26-27,30,39,42,44H,5-19,21H2,1-4H3,(H2,34,36)(H,35,40)/t24-,26+,27+,30-/m1/s1. The van der Waals surface area contributed by atoms with E-state index in [1.807, 2.05) is 13.8 Å². The van der Waals surface area contributed by atoms with E-state index in [0.717, 1.165) is 51.4 Å². The second-order valence-corrected chi connectivity index (χ2v) is 15.0. The molecule has 0 aliphatic heterocycles. The second-order valence-electron chi connectivity index (χ2n) is 14.1. The van der Waals surface area contributed by atoms with Crippen LogP contribution < -0.4 is 11.1 Å². The number of anilines is 1. The Balaban J connectivity index is 1.94. The van der Waals surface area contributed by atoms with Gasteiger partial charge in [0, 0.05) is 38.9 Å². The number of rotatable bonds is 16. The maximum Gasteiger partial charge on any atom is 0.241 e. The third-order valence-electron chi connectivity index (χ3n) is 9.49. The van der Waals surface area contributed by atoms with E-state index in [1.165, 1.54) is 21.1 Å². The van der Waals surface area contributed by atoms with Crippen LogP contribution in [0.2, 0.25) is 0 Å².